The van der Waals surface area contributed by atoms with E-state index in [1.54, 1.807) is 12.1 Å². The Hall–Kier alpha value is -0.640. The van der Waals surface area contributed by atoms with Gasteiger partial charge in [0.1, 0.15) is 5.82 Å². The third kappa shape index (κ3) is 3.22. The zero-order chi connectivity index (χ0) is 13.0. The molecule has 18 heavy (non-hydrogen) atoms. The summed E-state index contributed by atoms with van der Waals surface area (Å²) in [6, 6.07) is 5.01. The number of hydrogen-bond donors (Lipinski definition) is 1. The molecule has 1 fully saturated rings. The van der Waals surface area contributed by atoms with Crippen LogP contribution in [0, 0.1) is 5.82 Å². The molecule has 0 spiro atoms. The summed E-state index contributed by atoms with van der Waals surface area (Å²) < 4.78 is 14.0. The summed E-state index contributed by atoms with van der Waals surface area (Å²) in [4.78, 5) is 2.36. The van der Waals surface area contributed by atoms with Crippen LogP contribution in [0.4, 0.5) is 4.39 Å². The molecule has 0 amide bonds. The standard InChI is InChI=1S/C14H20ClFN2/c1-2-3-14(18-8-6-17-7-9-18)12-10-11(15)4-5-13(12)16/h4-5,10,14,17H,2-3,6-9H2,1H3/t14-/m1/s1. The van der Waals surface area contributed by atoms with Crippen LogP contribution in [0.2, 0.25) is 5.02 Å². The minimum absolute atomic E-state index is 0.142. The summed E-state index contributed by atoms with van der Waals surface area (Å²) in [6.07, 6.45) is 2.01. The molecule has 0 unspecified atom stereocenters. The Kier molecular flexibility index (Phi) is 4.98. The van der Waals surface area contributed by atoms with Gasteiger partial charge in [-0.3, -0.25) is 4.90 Å². The van der Waals surface area contributed by atoms with Gasteiger partial charge in [-0.05, 0) is 24.6 Å². The second-order valence-electron chi connectivity index (χ2n) is 4.76. The third-order valence-electron chi connectivity index (χ3n) is 3.47. The fraction of sp³-hybridized carbons (Fsp3) is 0.571. The predicted octanol–water partition coefficient (Wildman–Crippen LogP) is 3.23. The van der Waals surface area contributed by atoms with Crippen molar-refractivity contribution < 1.29 is 4.39 Å². The van der Waals surface area contributed by atoms with E-state index in [1.165, 1.54) is 6.07 Å². The fourth-order valence-electron chi connectivity index (χ4n) is 2.57. The van der Waals surface area contributed by atoms with E-state index < -0.39 is 0 Å². The lowest BCUT2D eigenvalue weighted by molar-refractivity contribution is 0.161. The highest BCUT2D eigenvalue weighted by atomic mass is 35.5. The first-order valence-electron chi connectivity index (χ1n) is 6.62. The van der Waals surface area contributed by atoms with Gasteiger partial charge in [0.05, 0.1) is 0 Å². The lowest BCUT2D eigenvalue weighted by Crippen LogP contribution is -2.45. The van der Waals surface area contributed by atoms with Crippen molar-refractivity contribution in [1.82, 2.24) is 10.2 Å². The monoisotopic (exact) mass is 270 g/mol. The van der Waals surface area contributed by atoms with E-state index in [2.05, 4.69) is 17.1 Å². The molecule has 2 nitrogen and oxygen atoms in total. The molecule has 100 valence electrons. The number of benzene rings is 1. The van der Waals surface area contributed by atoms with E-state index in [1.807, 2.05) is 0 Å². The van der Waals surface area contributed by atoms with Crippen molar-refractivity contribution in [2.75, 3.05) is 26.2 Å². The van der Waals surface area contributed by atoms with E-state index in [-0.39, 0.29) is 11.9 Å². The topological polar surface area (TPSA) is 15.3 Å². The van der Waals surface area contributed by atoms with Crippen LogP contribution in [-0.2, 0) is 0 Å². The lowest BCUT2D eigenvalue weighted by atomic mass is 9.99. The molecule has 1 heterocycles. The molecular formula is C14H20ClFN2. The van der Waals surface area contributed by atoms with Gasteiger partial charge in [-0.1, -0.05) is 24.9 Å². The van der Waals surface area contributed by atoms with Gasteiger partial charge in [-0.15, -0.1) is 0 Å². The SMILES string of the molecule is CCC[C@H](c1cc(Cl)ccc1F)N1CCNCC1. The molecule has 0 bridgehead atoms. The summed E-state index contributed by atoms with van der Waals surface area (Å²) in [5.74, 6) is -0.142. The molecule has 0 radical (unpaired) electrons. The van der Waals surface area contributed by atoms with Crippen LogP contribution >= 0.6 is 11.6 Å². The van der Waals surface area contributed by atoms with E-state index in [4.69, 9.17) is 11.6 Å². The Morgan fingerprint density at radius 2 is 2.11 bits per heavy atom. The van der Waals surface area contributed by atoms with Gasteiger partial charge in [-0.2, -0.15) is 0 Å². The summed E-state index contributed by atoms with van der Waals surface area (Å²) in [5, 5.41) is 3.94. The maximum atomic E-state index is 14.0. The van der Waals surface area contributed by atoms with Crippen molar-refractivity contribution >= 4 is 11.6 Å². The molecule has 1 atom stereocenters. The molecule has 1 aromatic carbocycles. The molecule has 0 aromatic heterocycles. The molecule has 1 aliphatic heterocycles. The van der Waals surface area contributed by atoms with Crippen LogP contribution < -0.4 is 5.32 Å². The van der Waals surface area contributed by atoms with E-state index >= 15 is 0 Å². The largest absolute Gasteiger partial charge is 0.314 e. The highest BCUT2D eigenvalue weighted by molar-refractivity contribution is 6.30. The number of nitrogens with one attached hydrogen (secondary N) is 1. The van der Waals surface area contributed by atoms with Crippen molar-refractivity contribution in [3.63, 3.8) is 0 Å². The second kappa shape index (κ2) is 6.50. The van der Waals surface area contributed by atoms with E-state index in [9.17, 15) is 4.39 Å². The Morgan fingerprint density at radius 3 is 2.78 bits per heavy atom. The normalized spacial score (nSPS) is 18.8. The predicted molar refractivity (Wildman–Crippen MR) is 73.5 cm³/mol. The maximum absolute atomic E-state index is 14.0. The van der Waals surface area contributed by atoms with Gasteiger partial charge in [0.25, 0.3) is 0 Å². The van der Waals surface area contributed by atoms with Crippen LogP contribution in [0.5, 0.6) is 0 Å². The molecule has 1 saturated heterocycles. The number of hydrogen-bond acceptors (Lipinski definition) is 2. The average molecular weight is 271 g/mol. The Labute approximate surface area is 113 Å². The summed E-state index contributed by atoms with van der Waals surface area (Å²) in [7, 11) is 0. The van der Waals surface area contributed by atoms with Crippen LogP contribution in [-0.4, -0.2) is 31.1 Å². The van der Waals surface area contributed by atoms with Crippen LogP contribution in [0.3, 0.4) is 0 Å². The molecule has 0 saturated carbocycles. The molecule has 0 aliphatic carbocycles. The Morgan fingerprint density at radius 1 is 1.39 bits per heavy atom. The smallest absolute Gasteiger partial charge is 0.128 e. The highest BCUT2D eigenvalue weighted by Crippen LogP contribution is 2.30. The first-order valence-corrected chi connectivity index (χ1v) is 7.00. The van der Waals surface area contributed by atoms with Crippen LogP contribution in [0.1, 0.15) is 31.4 Å². The summed E-state index contributed by atoms with van der Waals surface area (Å²) in [6.45, 7) is 6.02. The van der Waals surface area contributed by atoms with Crippen molar-refractivity contribution in [2.24, 2.45) is 0 Å². The minimum Gasteiger partial charge on any atom is -0.314 e. The van der Waals surface area contributed by atoms with Gasteiger partial charge in [0.2, 0.25) is 0 Å². The quantitative estimate of drug-likeness (QED) is 0.904. The van der Waals surface area contributed by atoms with Crippen molar-refractivity contribution in [1.29, 1.82) is 0 Å². The van der Waals surface area contributed by atoms with Gasteiger partial charge < -0.3 is 5.32 Å². The fourth-order valence-corrected chi connectivity index (χ4v) is 2.75. The zero-order valence-corrected chi connectivity index (χ0v) is 11.5. The molecule has 1 aliphatic rings. The van der Waals surface area contributed by atoms with Crippen molar-refractivity contribution in [2.45, 2.75) is 25.8 Å². The molecule has 4 heteroatoms. The van der Waals surface area contributed by atoms with Crippen molar-refractivity contribution in [3.8, 4) is 0 Å². The van der Waals surface area contributed by atoms with Gasteiger partial charge in [0, 0.05) is 42.8 Å². The lowest BCUT2D eigenvalue weighted by Gasteiger charge is -2.35. The van der Waals surface area contributed by atoms with E-state index in [0.717, 1.165) is 44.6 Å². The zero-order valence-electron chi connectivity index (χ0n) is 10.8. The number of halogens is 2. The number of nitrogens with zero attached hydrogens (tertiary/aromatic N) is 1. The third-order valence-corrected chi connectivity index (χ3v) is 3.71. The first-order chi connectivity index (χ1) is 8.72. The molecule has 2 rings (SSSR count). The average Bonchev–Trinajstić information content (AvgIpc) is 2.40. The number of piperazine rings is 1. The first kappa shape index (κ1) is 13.8. The maximum Gasteiger partial charge on any atom is 0.128 e. The Bertz CT molecular complexity index is 391. The van der Waals surface area contributed by atoms with Gasteiger partial charge in [0.15, 0.2) is 0 Å². The highest BCUT2D eigenvalue weighted by Gasteiger charge is 2.23. The molecule has 1 N–H and O–H groups in total. The van der Waals surface area contributed by atoms with Gasteiger partial charge in [-0.25, -0.2) is 4.39 Å². The van der Waals surface area contributed by atoms with Crippen LogP contribution in [0.25, 0.3) is 0 Å². The van der Waals surface area contributed by atoms with Crippen molar-refractivity contribution in [3.05, 3.63) is 34.6 Å². The molecule has 1 aromatic rings. The Balaban J connectivity index is 2.24. The summed E-state index contributed by atoms with van der Waals surface area (Å²) in [5.41, 5.74) is 0.742. The molecular weight excluding hydrogens is 251 g/mol. The second-order valence-corrected chi connectivity index (χ2v) is 5.19. The van der Waals surface area contributed by atoms with E-state index in [0.29, 0.717) is 5.02 Å². The van der Waals surface area contributed by atoms with Crippen LogP contribution in [0.15, 0.2) is 18.2 Å². The number of rotatable bonds is 4. The van der Waals surface area contributed by atoms with Gasteiger partial charge >= 0.3 is 0 Å². The summed E-state index contributed by atoms with van der Waals surface area (Å²) >= 11 is 6.00. The minimum atomic E-state index is -0.142.